The summed E-state index contributed by atoms with van der Waals surface area (Å²) in [6.45, 7) is 4.48. The van der Waals surface area contributed by atoms with Gasteiger partial charge in [-0.1, -0.05) is 35.4 Å². The van der Waals surface area contributed by atoms with E-state index >= 15 is 0 Å². The Bertz CT molecular complexity index is 638. The van der Waals surface area contributed by atoms with Gasteiger partial charge in [-0.2, -0.15) is 0 Å². The quantitative estimate of drug-likeness (QED) is 0.780. The van der Waals surface area contributed by atoms with Gasteiger partial charge in [-0.05, 0) is 50.1 Å². The fourth-order valence-electron chi connectivity index (χ4n) is 1.95. The zero-order valence-electron chi connectivity index (χ0n) is 12.9. The molecule has 0 bridgehead atoms. The van der Waals surface area contributed by atoms with Crippen LogP contribution in [0.4, 0.5) is 5.69 Å². The van der Waals surface area contributed by atoms with Crippen LogP contribution in [0.2, 0.25) is 5.02 Å². The van der Waals surface area contributed by atoms with Crippen LogP contribution in [0.15, 0.2) is 42.5 Å². The molecule has 2 aromatic carbocycles. The van der Waals surface area contributed by atoms with Gasteiger partial charge in [0, 0.05) is 17.1 Å². The standard InChI is InChI=1S/C18H20ClNO2/c1-13-5-9-16(10-6-13)22-11-3-4-18(21)20-15-8-7-14(2)17(19)12-15/h5-10,12H,3-4,11H2,1-2H3,(H,20,21). The Balaban J connectivity index is 1.71. The Morgan fingerprint density at radius 3 is 2.55 bits per heavy atom. The van der Waals surface area contributed by atoms with Gasteiger partial charge in [0.2, 0.25) is 5.91 Å². The molecule has 0 atom stereocenters. The highest BCUT2D eigenvalue weighted by atomic mass is 35.5. The third kappa shape index (κ3) is 5.08. The average molecular weight is 318 g/mol. The van der Waals surface area contributed by atoms with Crippen molar-refractivity contribution in [3.63, 3.8) is 0 Å². The lowest BCUT2D eigenvalue weighted by molar-refractivity contribution is -0.116. The van der Waals surface area contributed by atoms with Crippen LogP contribution in [-0.4, -0.2) is 12.5 Å². The third-order valence-electron chi connectivity index (χ3n) is 3.29. The minimum atomic E-state index is -0.0348. The van der Waals surface area contributed by atoms with Crippen molar-refractivity contribution in [2.75, 3.05) is 11.9 Å². The number of halogens is 1. The number of amides is 1. The van der Waals surface area contributed by atoms with E-state index in [4.69, 9.17) is 16.3 Å². The number of hydrogen-bond donors (Lipinski definition) is 1. The molecule has 0 heterocycles. The monoisotopic (exact) mass is 317 g/mol. The molecule has 0 unspecified atom stereocenters. The van der Waals surface area contributed by atoms with E-state index in [0.29, 0.717) is 24.5 Å². The minimum absolute atomic E-state index is 0.0348. The maximum atomic E-state index is 11.9. The van der Waals surface area contributed by atoms with E-state index in [-0.39, 0.29) is 5.91 Å². The van der Waals surface area contributed by atoms with Gasteiger partial charge in [0.15, 0.2) is 0 Å². The molecule has 0 aromatic heterocycles. The van der Waals surface area contributed by atoms with Gasteiger partial charge in [0.25, 0.3) is 0 Å². The predicted molar refractivity (Wildman–Crippen MR) is 90.7 cm³/mol. The van der Waals surface area contributed by atoms with Gasteiger partial charge in [0.1, 0.15) is 5.75 Å². The molecule has 0 saturated carbocycles. The number of anilines is 1. The Morgan fingerprint density at radius 1 is 1.14 bits per heavy atom. The summed E-state index contributed by atoms with van der Waals surface area (Å²) in [5.74, 6) is 0.795. The lowest BCUT2D eigenvalue weighted by Crippen LogP contribution is -2.12. The van der Waals surface area contributed by atoms with Crippen LogP contribution >= 0.6 is 11.6 Å². The fourth-order valence-corrected chi connectivity index (χ4v) is 2.13. The molecular weight excluding hydrogens is 298 g/mol. The number of aryl methyl sites for hydroxylation is 2. The zero-order chi connectivity index (χ0) is 15.9. The van der Waals surface area contributed by atoms with Gasteiger partial charge in [-0.15, -0.1) is 0 Å². The topological polar surface area (TPSA) is 38.3 Å². The lowest BCUT2D eigenvalue weighted by atomic mass is 10.2. The molecule has 0 saturated heterocycles. The first kappa shape index (κ1) is 16.4. The van der Waals surface area contributed by atoms with Crippen molar-refractivity contribution in [2.45, 2.75) is 26.7 Å². The molecule has 4 heteroatoms. The summed E-state index contributed by atoms with van der Waals surface area (Å²) in [5.41, 5.74) is 2.91. The van der Waals surface area contributed by atoms with Crippen molar-refractivity contribution in [2.24, 2.45) is 0 Å². The van der Waals surface area contributed by atoms with Gasteiger partial charge in [-0.3, -0.25) is 4.79 Å². The second kappa shape index (κ2) is 7.85. The summed E-state index contributed by atoms with van der Waals surface area (Å²) < 4.78 is 5.60. The molecule has 0 radical (unpaired) electrons. The lowest BCUT2D eigenvalue weighted by Gasteiger charge is -2.08. The first-order chi connectivity index (χ1) is 10.5. The number of hydrogen-bond acceptors (Lipinski definition) is 2. The summed E-state index contributed by atoms with van der Waals surface area (Å²) in [7, 11) is 0. The summed E-state index contributed by atoms with van der Waals surface area (Å²) in [6.07, 6.45) is 1.08. The summed E-state index contributed by atoms with van der Waals surface area (Å²) in [6, 6.07) is 13.4. The predicted octanol–water partition coefficient (Wildman–Crippen LogP) is 4.75. The normalized spacial score (nSPS) is 10.3. The Morgan fingerprint density at radius 2 is 1.86 bits per heavy atom. The van der Waals surface area contributed by atoms with Crippen LogP contribution in [0.3, 0.4) is 0 Å². The summed E-state index contributed by atoms with van der Waals surface area (Å²) >= 11 is 6.03. The molecule has 0 fully saturated rings. The summed E-state index contributed by atoms with van der Waals surface area (Å²) in [4.78, 5) is 11.9. The second-order valence-electron chi connectivity index (χ2n) is 5.28. The number of carbonyl (C=O) groups is 1. The molecule has 2 rings (SSSR count). The molecule has 2 aromatic rings. The number of carbonyl (C=O) groups excluding carboxylic acids is 1. The highest BCUT2D eigenvalue weighted by Gasteiger charge is 2.04. The maximum absolute atomic E-state index is 11.9. The van der Waals surface area contributed by atoms with Crippen LogP contribution in [0.25, 0.3) is 0 Å². The number of nitrogens with one attached hydrogen (secondary N) is 1. The second-order valence-corrected chi connectivity index (χ2v) is 5.68. The van der Waals surface area contributed by atoms with Crippen LogP contribution in [0.1, 0.15) is 24.0 Å². The molecule has 0 spiro atoms. The largest absolute Gasteiger partial charge is 0.494 e. The van der Waals surface area contributed by atoms with E-state index in [0.717, 1.165) is 17.0 Å². The Kier molecular flexibility index (Phi) is 5.84. The molecule has 1 N–H and O–H groups in total. The molecule has 0 aliphatic heterocycles. The van der Waals surface area contributed by atoms with Gasteiger partial charge < -0.3 is 10.1 Å². The highest BCUT2D eigenvalue weighted by Crippen LogP contribution is 2.20. The van der Waals surface area contributed by atoms with Crippen molar-refractivity contribution in [3.8, 4) is 5.75 Å². The molecule has 116 valence electrons. The van der Waals surface area contributed by atoms with Gasteiger partial charge in [0.05, 0.1) is 6.61 Å². The molecule has 0 aliphatic rings. The van der Waals surface area contributed by atoms with Gasteiger partial charge in [-0.25, -0.2) is 0 Å². The van der Waals surface area contributed by atoms with E-state index < -0.39 is 0 Å². The van der Waals surface area contributed by atoms with E-state index in [1.165, 1.54) is 5.56 Å². The first-order valence-corrected chi connectivity index (χ1v) is 7.68. The van der Waals surface area contributed by atoms with E-state index in [1.54, 1.807) is 6.07 Å². The minimum Gasteiger partial charge on any atom is -0.494 e. The van der Waals surface area contributed by atoms with Crippen molar-refractivity contribution in [1.82, 2.24) is 0 Å². The third-order valence-corrected chi connectivity index (χ3v) is 3.70. The highest BCUT2D eigenvalue weighted by molar-refractivity contribution is 6.31. The van der Waals surface area contributed by atoms with Crippen LogP contribution in [-0.2, 0) is 4.79 Å². The zero-order valence-corrected chi connectivity index (χ0v) is 13.6. The first-order valence-electron chi connectivity index (χ1n) is 7.30. The molecule has 22 heavy (non-hydrogen) atoms. The van der Waals surface area contributed by atoms with E-state index in [2.05, 4.69) is 5.32 Å². The molecule has 0 aliphatic carbocycles. The van der Waals surface area contributed by atoms with Crippen LogP contribution in [0.5, 0.6) is 5.75 Å². The number of ether oxygens (including phenoxy) is 1. The fraction of sp³-hybridized carbons (Fsp3) is 0.278. The maximum Gasteiger partial charge on any atom is 0.224 e. The van der Waals surface area contributed by atoms with Crippen LogP contribution in [0, 0.1) is 13.8 Å². The van der Waals surface area contributed by atoms with Crippen molar-refractivity contribution in [1.29, 1.82) is 0 Å². The Labute approximate surface area is 136 Å². The van der Waals surface area contributed by atoms with Gasteiger partial charge >= 0.3 is 0 Å². The average Bonchev–Trinajstić information content (AvgIpc) is 2.49. The van der Waals surface area contributed by atoms with Crippen molar-refractivity contribution >= 4 is 23.2 Å². The van der Waals surface area contributed by atoms with Crippen molar-refractivity contribution < 1.29 is 9.53 Å². The Hall–Kier alpha value is -2.00. The SMILES string of the molecule is Cc1ccc(OCCCC(=O)Nc2ccc(C)c(Cl)c2)cc1. The van der Waals surface area contributed by atoms with Crippen LogP contribution < -0.4 is 10.1 Å². The molecular formula is C18H20ClNO2. The van der Waals surface area contributed by atoms with E-state index in [9.17, 15) is 4.79 Å². The number of benzene rings is 2. The molecule has 3 nitrogen and oxygen atoms in total. The summed E-state index contributed by atoms with van der Waals surface area (Å²) in [5, 5.41) is 3.49. The molecule has 1 amide bonds. The number of rotatable bonds is 6. The van der Waals surface area contributed by atoms with Crippen molar-refractivity contribution in [3.05, 3.63) is 58.6 Å². The van der Waals surface area contributed by atoms with E-state index in [1.807, 2.05) is 50.2 Å². The smallest absolute Gasteiger partial charge is 0.224 e.